The van der Waals surface area contributed by atoms with E-state index in [4.69, 9.17) is 4.74 Å². The lowest BCUT2D eigenvalue weighted by Crippen LogP contribution is -2.38. The Morgan fingerprint density at radius 1 is 1.35 bits per heavy atom. The van der Waals surface area contributed by atoms with E-state index in [1.54, 1.807) is 6.08 Å². The summed E-state index contributed by atoms with van der Waals surface area (Å²) in [5, 5.41) is 10.3. The van der Waals surface area contributed by atoms with Crippen molar-refractivity contribution in [3.05, 3.63) is 54.1 Å². The Labute approximate surface area is 119 Å². The Bertz CT molecular complexity index is 516. The third-order valence-electron chi connectivity index (χ3n) is 3.36. The van der Waals surface area contributed by atoms with Gasteiger partial charge in [-0.3, -0.25) is 0 Å². The number of rotatable bonds is 5. The molecule has 1 aromatic rings. The molecule has 0 amide bonds. The predicted molar refractivity (Wildman–Crippen MR) is 79.0 cm³/mol. The molecule has 3 nitrogen and oxygen atoms in total. The van der Waals surface area contributed by atoms with E-state index >= 15 is 0 Å². The van der Waals surface area contributed by atoms with Crippen LogP contribution in [0.25, 0.3) is 5.57 Å². The zero-order valence-corrected chi connectivity index (χ0v) is 11.7. The molecule has 0 fully saturated rings. The van der Waals surface area contributed by atoms with Crippen LogP contribution in [0.3, 0.4) is 0 Å². The van der Waals surface area contributed by atoms with Crippen molar-refractivity contribution in [2.24, 2.45) is 0 Å². The van der Waals surface area contributed by atoms with Gasteiger partial charge in [-0.15, -0.1) is 0 Å². The van der Waals surface area contributed by atoms with Crippen LogP contribution < -0.4 is 0 Å². The lowest BCUT2D eigenvalue weighted by atomic mass is 9.89. The number of allylic oxidation sites excluding steroid dienone is 2. The number of hydrogen-bond donors (Lipinski definition) is 1. The molecule has 0 aliphatic heterocycles. The molecule has 106 valence electrons. The molecule has 1 N–H and O–H groups in total. The molecule has 1 atom stereocenters. The van der Waals surface area contributed by atoms with Crippen molar-refractivity contribution in [1.29, 1.82) is 0 Å². The van der Waals surface area contributed by atoms with E-state index < -0.39 is 11.6 Å². The maximum Gasteiger partial charge on any atom is 0.342 e. The number of carbonyl (C=O) groups is 1. The molecule has 20 heavy (non-hydrogen) atoms. The fourth-order valence-corrected chi connectivity index (χ4v) is 2.06. The van der Waals surface area contributed by atoms with E-state index in [0.717, 1.165) is 24.0 Å². The second kappa shape index (κ2) is 6.53. The molecule has 0 saturated carbocycles. The first kappa shape index (κ1) is 14.5. The van der Waals surface area contributed by atoms with Crippen LogP contribution in [0.1, 0.15) is 31.7 Å². The molecule has 1 unspecified atom stereocenters. The van der Waals surface area contributed by atoms with Crippen molar-refractivity contribution in [3.63, 3.8) is 0 Å². The van der Waals surface area contributed by atoms with Gasteiger partial charge in [0.05, 0.1) is 6.61 Å². The van der Waals surface area contributed by atoms with Gasteiger partial charge < -0.3 is 9.84 Å². The van der Waals surface area contributed by atoms with Crippen LogP contribution in [0.15, 0.2) is 48.6 Å². The molecular weight excluding hydrogens is 252 g/mol. The number of ether oxygens (including phenoxy) is 1. The summed E-state index contributed by atoms with van der Waals surface area (Å²) in [4.78, 5) is 11.9. The summed E-state index contributed by atoms with van der Waals surface area (Å²) in [7, 11) is 0. The van der Waals surface area contributed by atoms with Crippen molar-refractivity contribution in [2.75, 3.05) is 6.61 Å². The number of carbonyl (C=O) groups excluding carboxylic acids is 1. The molecule has 1 aliphatic rings. The summed E-state index contributed by atoms with van der Waals surface area (Å²) in [5.41, 5.74) is 0.563. The van der Waals surface area contributed by atoms with E-state index in [9.17, 15) is 9.90 Å². The van der Waals surface area contributed by atoms with Crippen LogP contribution >= 0.6 is 0 Å². The molecule has 0 spiro atoms. The second-order valence-electron chi connectivity index (χ2n) is 4.98. The van der Waals surface area contributed by atoms with Crippen LogP contribution in [0.5, 0.6) is 0 Å². The van der Waals surface area contributed by atoms with Gasteiger partial charge in [0.25, 0.3) is 0 Å². The molecular formula is C17H20O3. The van der Waals surface area contributed by atoms with E-state index in [-0.39, 0.29) is 6.42 Å². The van der Waals surface area contributed by atoms with Crippen molar-refractivity contribution in [3.8, 4) is 0 Å². The van der Waals surface area contributed by atoms with Gasteiger partial charge in [-0.05, 0) is 23.6 Å². The van der Waals surface area contributed by atoms with E-state index in [0.29, 0.717) is 6.61 Å². The molecule has 0 heterocycles. The van der Waals surface area contributed by atoms with E-state index in [2.05, 4.69) is 0 Å². The molecule has 2 rings (SSSR count). The number of hydrogen-bond acceptors (Lipinski definition) is 3. The predicted octanol–water partition coefficient (Wildman–Crippen LogP) is 3.10. The highest BCUT2D eigenvalue weighted by Crippen LogP contribution is 2.27. The normalized spacial score (nSPS) is 21.4. The average Bonchev–Trinajstić information content (AvgIpc) is 2.49. The van der Waals surface area contributed by atoms with Crippen molar-refractivity contribution in [1.82, 2.24) is 0 Å². The summed E-state index contributed by atoms with van der Waals surface area (Å²) >= 11 is 0. The minimum Gasteiger partial charge on any atom is -0.463 e. The fraction of sp³-hybridized carbons (Fsp3) is 0.353. The largest absolute Gasteiger partial charge is 0.463 e. The third kappa shape index (κ3) is 3.36. The highest BCUT2D eigenvalue weighted by molar-refractivity contribution is 5.86. The monoisotopic (exact) mass is 272 g/mol. The quantitative estimate of drug-likeness (QED) is 0.662. The SMILES string of the molecule is CCCCOC(=O)C1(O)C=CC(c2ccccc2)=CC1. The highest BCUT2D eigenvalue weighted by atomic mass is 16.5. The van der Waals surface area contributed by atoms with Gasteiger partial charge in [0.2, 0.25) is 0 Å². The number of esters is 1. The Hall–Kier alpha value is -1.87. The lowest BCUT2D eigenvalue weighted by Gasteiger charge is -2.24. The Morgan fingerprint density at radius 3 is 2.70 bits per heavy atom. The Balaban J connectivity index is 2.01. The molecule has 0 radical (unpaired) electrons. The molecule has 1 aromatic carbocycles. The van der Waals surface area contributed by atoms with Gasteiger partial charge >= 0.3 is 5.97 Å². The minimum atomic E-state index is -1.52. The first-order valence-electron chi connectivity index (χ1n) is 7.00. The number of unbranched alkanes of at least 4 members (excludes halogenated alkanes) is 1. The molecule has 0 aromatic heterocycles. The lowest BCUT2D eigenvalue weighted by molar-refractivity contribution is -0.160. The summed E-state index contributed by atoms with van der Waals surface area (Å²) in [6.45, 7) is 2.39. The van der Waals surface area contributed by atoms with Crippen molar-refractivity contribution in [2.45, 2.75) is 31.8 Å². The van der Waals surface area contributed by atoms with Crippen LogP contribution in [-0.2, 0) is 9.53 Å². The van der Waals surface area contributed by atoms with Crippen molar-refractivity contribution < 1.29 is 14.6 Å². The van der Waals surface area contributed by atoms with Crippen molar-refractivity contribution >= 4 is 11.5 Å². The topological polar surface area (TPSA) is 46.5 Å². The second-order valence-corrected chi connectivity index (χ2v) is 4.98. The van der Waals surface area contributed by atoms with Gasteiger partial charge in [-0.25, -0.2) is 4.79 Å². The van der Waals surface area contributed by atoms with E-state index in [1.807, 2.05) is 43.3 Å². The first-order chi connectivity index (χ1) is 9.65. The highest BCUT2D eigenvalue weighted by Gasteiger charge is 2.35. The van der Waals surface area contributed by atoms with Crippen LogP contribution in [0.4, 0.5) is 0 Å². The zero-order chi connectivity index (χ0) is 14.4. The maximum atomic E-state index is 11.9. The Kier molecular flexibility index (Phi) is 4.74. The van der Waals surface area contributed by atoms with Gasteiger partial charge in [-0.2, -0.15) is 0 Å². The average molecular weight is 272 g/mol. The standard InChI is InChI=1S/C17H20O3/c1-2-3-13-20-16(18)17(19)11-9-15(10-12-17)14-7-5-4-6-8-14/h4-11,19H,2-3,12-13H2,1H3. The van der Waals surface area contributed by atoms with Crippen LogP contribution in [0, 0.1) is 0 Å². The maximum absolute atomic E-state index is 11.9. The molecule has 1 aliphatic carbocycles. The molecule has 3 heteroatoms. The zero-order valence-electron chi connectivity index (χ0n) is 11.7. The first-order valence-corrected chi connectivity index (χ1v) is 7.00. The van der Waals surface area contributed by atoms with Crippen LogP contribution in [-0.4, -0.2) is 23.3 Å². The Morgan fingerprint density at radius 2 is 2.10 bits per heavy atom. The fourth-order valence-electron chi connectivity index (χ4n) is 2.06. The van der Waals surface area contributed by atoms with Crippen LogP contribution in [0.2, 0.25) is 0 Å². The molecule has 0 saturated heterocycles. The number of benzene rings is 1. The number of aliphatic hydroxyl groups is 1. The summed E-state index contributed by atoms with van der Waals surface area (Å²) in [6, 6.07) is 9.88. The summed E-state index contributed by atoms with van der Waals surface area (Å²) in [6.07, 6.45) is 7.20. The molecule has 0 bridgehead atoms. The van der Waals surface area contributed by atoms with Gasteiger partial charge in [0, 0.05) is 6.42 Å². The van der Waals surface area contributed by atoms with Gasteiger partial charge in [-0.1, -0.05) is 55.8 Å². The van der Waals surface area contributed by atoms with E-state index in [1.165, 1.54) is 6.08 Å². The minimum absolute atomic E-state index is 0.249. The summed E-state index contributed by atoms with van der Waals surface area (Å²) in [5.74, 6) is -0.564. The van der Waals surface area contributed by atoms with Gasteiger partial charge in [0.1, 0.15) is 0 Å². The third-order valence-corrected chi connectivity index (χ3v) is 3.36. The van der Waals surface area contributed by atoms with Gasteiger partial charge in [0.15, 0.2) is 5.60 Å². The smallest absolute Gasteiger partial charge is 0.342 e. The summed E-state index contributed by atoms with van der Waals surface area (Å²) < 4.78 is 5.10.